The van der Waals surface area contributed by atoms with Crippen molar-refractivity contribution in [3.63, 3.8) is 0 Å². The van der Waals surface area contributed by atoms with Gasteiger partial charge in [-0.3, -0.25) is 9.69 Å². The van der Waals surface area contributed by atoms with Crippen LogP contribution in [-0.2, 0) is 16.1 Å². The van der Waals surface area contributed by atoms with E-state index in [4.69, 9.17) is 4.74 Å². The zero-order chi connectivity index (χ0) is 18.7. The minimum absolute atomic E-state index is 0.316. The number of alkyl halides is 6. The van der Waals surface area contributed by atoms with E-state index in [1.807, 2.05) is 0 Å². The monoisotopic (exact) mass is 369 g/mol. The molecule has 2 rings (SSSR count). The molecule has 3 nitrogen and oxygen atoms in total. The molecule has 1 aliphatic rings. The van der Waals surface area contributed by atoms with Crippen LogP contribution < -0.4 is 0 Å². The van der Waals surface area contributed by atoms with Crippen molar-refractivity contribution in [2.75, 3.05) is 19.6 Å². The number of esters is 1. The van der Waals surface area contributed by atoms with Gasteiger partial charge in [0, 0.05) is 0 Å². The molecular formula is C16H17F6NO2. The topological polar surface area (TPSA) is 29.5 Å². The Morgan fingerprint density at radius 1 is 1.04 bits per heavy atom. The average Bonchev–Trinajstić information content (AvgIpc) is 2.52. The maximum atomic E-state index is 13.5. The Morgan fingerprint density at radius 3 is 2.08 bits per heavy atom. The summed E-state index contributed by atoms with van der Waals surface area (Å²) in [7, 11) is 0. The van der Waals surface area contributed by atoms with Crippen molar-refractivity contribution in [3.8, 4) is 0 Å². The SMILES string of the molecule is O=C(OCc1ccccc1)C1(C(F)(F)F)CCN(CC(F)(F)F)CC1. The van der Waals surface area contributed by atoms with Crippen LogP contribution in [0.3, 0.4) is 0 Å². The number of likely N-dealkylation sites (tertiary alicyclic amines) is 1. The molecule has 1 aromatic carbocycles. The molecule has 0 radical (unpaired) electrons. The van der Waals surface area contributed by atoms with Crippen LogP contribution in [0, 0.1) is 5.41 Å². The number of nitrogens with zero attached hydrogens (tertiary/aromatic N) is 1. The third-order valence-corrected chi connectivity index (χ3v) is 4.26. The second kappa shape index (κ2) is 7.23. The highest BCUT2D eigenvalue weighted by atomic mass is 19.4. The Hall–Kier alpha value is -1.77. The van der Waals surface area contributed by atoms with Crippen LogP contribution in [0.1, 0.15) is 18.4 Å². The van der Waals surface area contributed by atoms with E-state index in [2.05, 4.69) is 0 Å². The number of carbonyl (C=O) groups excluding carboxylic acids is 1. The summed E-state index contributed by atoms with van der Waals surface area (Å²) in [6.45, 7) is -2.55. The number of hydrogen-bond acceptors (Lipinski definition) is 3. The fourth-order valence-electron chi connectivity index (χ4n) is 2.81. The zero-order valence-electron chi connectivity index (χ0n) is 13.2. The van der Waals surface area contributed by atoms with Crippen LogP contribution in [0.25, 0.3) is 0 Å². The Kier molecular flexibility index (Phi) is 5.65. The average molecular weight is 369 g/mol. The lowest BCUT2D eigenvalue weighted by Crippen LogP contribution is -2.54. The van der Waals surface area contributed by atoms with E-state index in [1.165, 1.54) is 0 Å². The van der Waals surface area contributed by atoms with Crippen molar-refractivity contribution in [2.24, 2.45) is 5.41 Å². The largest absolute Gasteiger partial charge is 0.460 e. The first-order valence-corrected chi connectivity index (χ1v) is 7.60. The van der Waals surface area contributed by atoms with Crippen LogP contribution >= 0.6 is 0 Å². The van der Waals surface area contributed by atoms with E-state index in [0.29, 0.717) is 5.56 Å². The Balaban J connectivity index is 2.05. The Labute approximate surface area is 140 Å². The first kappa shape index (κ1) is 19.6. The van der Waals surface area contributed by atoms with Gasteiger partial charge in [0.25, 0.3) is 0 Å². The first-order valence-electron chi connectivity index (χ1n) is 7.60. The smallest absolute Gasteiger partial charge is 0.405 e. The molecule has 0 aliphatic carbocycles. The molecule has 1 aromatic rings. The molecule has 0 bridgehead atoms. The highest BCUT2D eigenvalue weighted by molar-refractivity contribution is 5.78. The van der Waals surface area contributed by atoms with Crippen molar-refractivity contribution in [2.45, 2.75) is 31.8 Å². The first-order chi connectivity index (χ1) is 11.5. The molecule has 1 aliphatic heterocycles. The molecule has 0 unspecified atom stereocenters. The van der Waals surface area contributed by atoms with Crippen LogP contribution in [0.15, 0.2) is 30.3 Å². The summed E-state index contributed by atoms with van der Waals surface area (Å²) in [4.78, 5) is 13.0. The summed E-state index contributed by atoms with van der Waals surface area (Å²) in [6.07, 6.45) is -10.9. The number of piperidine rings is 1. The maximum absolute atomic E-state index is 13.5. The second-order valence-electron chi connectivity index (χ2n) is 6.03. The number of rotatable bonds is 4. The normalized spacial score (nSPS) is 18.8. The van der Waals surface area contributed by atoms with Gasteiger partial charge in [-0.25, -0.2) is 0 Å². The summed E-state index contributed by atoms with van der Waals surface area (Å²) in [5.74, 6) is -1.43. The fraction of sp³-hybridized carbons (Fsp3) is 0.562. The van der Waals surface area contributed by atoms with Gasteiger partial charge in [0.05, 0.1) is 6.54 Å². The molecule has 0 aromatic heterocycles. The summed E-state index contributed by atoms with van der Waals surface area (Å²) >= 11 is 0. The van der Waals surface area contributed by atoms with Crippen LogP contribution in [0.5, 0.6) is 0 Å². The fourth-order valence-corrected chi connectivity index (χ4v) is 2.81. The van der Waals surface area contributed by atoms with Gasteiger partial charge in [0.2, 0.25) is 0 Å². The molecule has 140 valence electrons. The van der Waals surface area contributed by atoms with Gasteiger partial charge in [0.15, 0.2) is 5.41 Å². The standard InChI is InChI=1S/C16H17F6NO2/c17-15(18,19)11-23-8-6-14(7-9-23,16(20,21)22)13(24)25-10-12-4-2-1-3-5-12/h1-5H,6-11H2. The molecule has 0 saturated carbocycles. The molecular weight excluding hydrogens is 352 g/mol. The van der Waals surface area contributed by atoms with Crippen LogP contribution in [0.2, 0.25) is 0 Å². The molecule has 1 heterocycles. The molecule has 9 heteroatoms. The summed E-state index contributed by atoms with van der Waals surface area (Å²) in [5, 5.41) is 0. The van der Waals surface area contributed by atoms with Gasteiger partial charge >= 0.3 is 18.3 Å². The number of benzene rings is 1. The van der Waals surface area contributed by atoms with Gasteiger partial charge < -0.3 is 4.74 Å². The number of halogens is 6. The van der Waals surface area contributed by atoms with E-state index in [-0.39, 0.29) is 6.61 Å². The zero-order valence-corrected chi connectivity index (χ0v) is 13.2. The highest BCUT2D eigenvalue weighted by Gasteiger charge is 2.62. The van der Waals surface area contributed by atoms with Crippen LogP contribution in [0.4, 0.5) is 26.3 Å². The number of ether oxygens (including phenoxy) is 1. The van der Waals surface area contributed by atoms with Crippen molar-refractivity contribution in [3.05, 3.63) is 35.9 Å². The lowest BCUT2D eigenvalue weighted by Gasteiger charge is -2.40. The molecule has 0 spiro atoms. The van der Waals surface area contributed by atoms with Gasteiger partial charge in [-0.15, -0.1) is 0 Å². The van der Waals surface area contributed by atoms with Crippen molar-refractivity contribution >= 4 is 5.97 Å². The third kappa shape index (κ3) is 4.87. The molecule has 1 saturated heterocycles. The minimum Gasteiger partial charge on any atom is -0.460 e. The van der Waals surface area contributed by atoms with Gasteiger partial charge in [-0.05, 0) is 31.5 Å². The van der Waals surface area contributed by atoms with E-state index in [9.17, 15) is 31.1 Å². The molecule has 0 atom stereocenters. The van der Waals surface area contributed by atoms with Crippen molar-refractivity contribution in [1.82, 2.24) is 4.90 Å². The predicted molar refractivity (Wildman–Crippen MR) is 76.5 cm³/mol. The van der Waals surface area contributed by atoms with Gasteiger partial charge in [-0.2, -0.15) is 26.3 Å². The number of hydrogen-bond donors (Lipinski definition) is 0. The summed E-state index contributed by atoms with van der Waals surface area (Å²) in [5.41, 5.74) is -2.23. The summed E-state index contributed by atoms with van der Waals surface area (Å²) in [6, 6.07) is 8.20. The highest BCUT2D eigenvalue weighted by Crippen LogP contribution is 2.47. The lowest BCUT2D eigenvalue weighted by atomic mass is 9.77. The molecule has 1 fully saturated rings. The Morgan fingerprint density at radius 2 is 1.60 bits per heavy atom. The van der Waals surface area contributed by atoms with Gasteiger partial charge in [0.1, 0.15) is 6.61 Å². The number of carbonyl (C=O) groups is 1. The van der Waals surface area contributed by atoms with Crippen molar-refractivity contribution < 1.29 is 35.9 Å². The van der Waals surface area contributed by atoms with Crippen LogP contribution in [-0.4, -0.2) is 42.9 Å². The van der Waals surface area contributed by atoms with Crippen molar-refractivity contribution in [1.29, 1.82) is 0 Å². The molecule has 0 amide bonds. The molecule has 25 heavy (non-hydrogen) atoms. The Bertz CT molecular complexity index is 577. The predicted octanol–water partition coefficient (Wildman–Crippen LogP) is 3.94. The maximum Gasteiger partial charge on any atom is 0.405 e. The second-order valence-corrected chi connectivity index (χ2v) is 6.03. The minimum atomic E-state index is -4.88. The molecule has 0 N–H and O–H groups in total. The van der Waals surface area contributed by atoms with E-state index < -0.39 is 56.2 Å². The summed E-state index contributed by atoms with van der Waals surface area (Å²) < 4.78 is 82.5. The third-order valence-electron chi connectivity index (χ3n) is 4.26. The van der Waals surface area contributed by atoms with E-state index in [1.54, 1.807) is 30.3 Å². The van der Waals surface area contributed by atoms with E-state index >= 15 is 0 Å². The quantitative estimate of drug-likeness (QED) is 0.595. The van der Waals surface area contributed by atoms with E-state index in [0.717, 1.165) is 4.90 Å². The van der Waals surface area contributed by atoms with Gasteiger partial charge in [-0.1, -0.05) is 30.3 Å². The lowest BCUT2D eigenvalue weighted by molar-refractivity contribution is -0.248.